The molecule has 8 heteroatoms. The zero-order chi connectivity index (χ0) is 24.4. The van der Waals surface area contributed by atoms with E-state index in [1.165, 1.54) is 21.5 Å². The second kappa shape index (κ2) is 9.92. The lowest BCUT2D eigenvalue weighted by Crippen LogP contribution is -2.47. The van der Waals surface area contributed by atoms with Gasteiger partial charge in [0.1, 0.15) is 17.8 Å². The molecule has 1 aliphatic heterocycles. The first-order chi connectivity index (χ1) is 17.0. The third kappa shape index (κ3) is 4.79. The summed E-state index contributed by atoms with van der Waals surface area (Å²) in [5.74, 6) is 0.518. The third-order valence-corrected chi connectivity index (χ3v) is 6.79. The molecule has 0 aliphatic carbocycles. The van der Waals surface area contributed by atoms with Crippen LogP contribution >= 0.6 is 0 Å². The number of piperazine rings is 1. The van der Waals surface area contributed by atoms with Crippen molar-refractivity contribution in [3.8, 4) is 5.69 Å². The first-order valence-corrected chi connectivity index (χ1v) is 12.2. The Kier molecular flexibility index (Phi) is 6.55. The fourth-order valence-corrected chi connectivity index (χ4v) is 4.57. The number of hydrogen-bond acceptors (Lipinski definition) is 6. The summed E-state index contributed by atoms with van der Waals surface area (Å²) in [6.07, 6.45) is 2.42. The SMILES string of the molecule is Cc1ccc(-n2ncc3c(=O)n(OCCCN4CCN(c5ccccc5)CC4)c(C)nc32)cc1C. The second-order valence-electron chi connectivity index (χ2n) is 9.17. The highest BCUT2D eigenvalue weighted by molar-refractivity contribution is 5.75. The lowest BCUT2D eigenvalue weighted by atomic mass is 10.1. The molecule has 2 aromatic carbocycles. The number of fused-ring (bicyclic) bond motifs is 1. The van der Waals surface area contributed by atoms with Crippen molar-refractivity contribution in [2.24, 2.45) is 0 Å². The Morgan fingerprint density at radius 1 is 0.914 bits per heavy atom. The molecule has 0 unspecified atom stereocenters. The maximum atomic E-state index is 13.1. The van der Waals surface area contributed by atoms with Crippen LogP contribution in [0.4, 0.5) is 5.69 Å². The van der Waals surface area contributed by atoms with Gasteiger partial charge in [0.2, 0.25) is 0 Å². The average molecular weight is 473 g/mol. The zero-order valence-electron chi connectivity index (χ0n) is 20.6. The van der Waals surface area contributed by atoms with Gasteiger partial charge in [-0.1, -0.05) is 24.3 Å². The Bertz CT molecular complexity index is 1370. The van der Waals surface area contributed by atoms with Crippen LogP contribution in [0.2, 0.25) is 0 Å². The number of benzene rings is 2. The molecule has 4 aromatic rings. The van der Waals surface area contributed by atoms with Gasteiger partial charge in [-0.15, -0.1) is 4.73 Å². The van der Waals surface area contributed by atoms with Gasteiger partial charge in [0.25, 0.3) is 5.56 Å². The molecule has 35 heavy (non-hydrogen) atoms. The highest BCUT2D eigenvalue weighted by atomic mass is 16.7. The van der Waals surface area contributed by atoms with Gasteiger partial charge < -0.3 is 9.74 Å². The molecule has 0 atom stereocenters. The van der Waals surface area contributed by atoms with Crippen LogP contribution < -0.4 is 15.3 Å². The number of anilines is 1. The molecular weight excluding hydrogens is 440 g/mol. The summed E-state index contributed by atoms with van der Waals surface area (Å²) in [4.78, 5) is 28.5. The quantitative estimate of drug-likeness (QED) is 0.385. The van der Waals surface area contributed by atoms with Crippen molar-refractivity contribution in [2.45, 2.75) is 27.2 Å². The van der Waals surface area contributed by atoms with Crippen LogP contribution in [0.1, 0.15) is 23.4 Å². The number of hydrogen-bond donors (Lipinski definition) is 0. The number of para-hydroxylation sites is 1. The second-order valence-corrected chi connectivity index (χ2v) is 9.17. The van der Waals surface area contributed by atoms with Crippen LogP contribution in [0.3, 0.4) is 0 Å². The molecule has 182 valence electrons. The largest absolute Gasteiger partial charge is 0.409 e. The van der Waals surface area contributed by atoms with Crippen molar-refractivity contribution in [1.82, 2.24) is 24.4 Å². The first kappa shape index (κ1) is 23.1. The summed E-state index contributed by atoms with van der Waals surface area (Å²) in [7, 11) is 0. The molecule has 0 saturated carbocycles. The molecule has 0 bridgehead atoms. The topological polar surface area (TPSA) is 68.4 Å². The van der Waals surface area contributed by atoms with Gasteiger partial charge in [-0.2, -0.15) is 5.10 Å². The molecule has 1 aliphatic rings. The minimum Gasteiger partial charge on any atom is -0.409 e. The summed E-state index contributed by atoms with van der Waals surface area (Å²) in [6, 6.07) is 16.7. The predicted octanol–water partition coefficient (Wildman–Crippen LogP) is 3.15. The monoisotopic (exact) mass is 472 g/mol. The van der Waals surface area contributed by atoms with Crippen molar-refractivity contribution in [2.75, 3.05) is 44.2 Å². The van der Waals surface area contributed by atoms with E-state index in [-0.39, 0.29) is 5.56 Å². The van der Waals surface area contributed by atoms with Crippen LogP contribution in [-0.2, 0) is 0 Å². The maximum Gasteiger partial charge on any atom is 0.297 e. The third-order valence-electron chi connectivity index (χ3n) is 6.79. The minimum absolute atomic E-state index is 0.223. The van der Waals surface area contributed by atoms with Crippen molar-refractivity contribution >= 4 is 16.7 Å². The highest BCUT2D eigenvalue weighted by Gasteiger charge is 2.18. The fraction of sp³-hybridized carbons (Fsp3) is 0.370. The Morgan fingerprint density at radius 3 is 2.43 bits per heavy atom. The highest BCUT2D eigenvalue weighted by Crippen LogP contribution is 2.18. The molecule has 0 amide bonds. The van der Waals surface area contributed by atoms with Crippen molar-refractivity contribution < 1.29 is 4.84 Å². The summed E-state index contributed by atoms with van der Waals surface area (Å²) >= 11 is 0. The van der Waals surface area contributed by atoms with Crippen LogP contribution in [0.15, 0.2) is 59.5 Å². The van der Waals surface area contributed by atoms with E-state index in [2.05, 4.69) is 76.2 Å². The smallest absolute Gasteiger partial charge is 0.297 e. The van der Waals surface area contributed by atoms with Gasteiger partial charge in [0.15, 0.2) is 5.65 Å². The fourth-order valence-electron chi connectivity index (χ4n) is 4.57. The maximum absolute atomic E-state index is 13.1. The van der Waals surface area contributed by atoms with Gasteiger partial charge >= 0.3 is 0 Å². The van der Waals surface area contributed by atoms with Crippen molar-refractivity contribution in [1.29, 1.82) is 0 Å². The summed E-state index contributed by atoms with van der Waals surface area (Å²) in [5, 5.41) is 4.89. The Morgan fingerprint density at radius 2 is 1.69 bits per heavy atom. The Balaban J connectivity index is 1.19. The lowest BCUT2D eigenvalue weighted by molar-refractivity contribution is 0.0858. The molecule has 1 saturated heterocycles. The first-order valence-electron chi connectivity index (χ1n) is 12.2. The molecule has 0 spiro atoms. The van der Waals surface area contributed by atoms with Gasteiger partial charge in [-0.05, 0) is 62.6 Å². The Hall–Kier alpha value is -3.65. The van der Waals surface area contributed by atoms with Gasteiger partial charge in [0, 0.05) is 38.4 Å². The summed E-state index contributed by atoms with van der Waals surface area (Å²) in [6.45, 7) is 11.4. The molecule has 8 nitrogen and oxygen atoms in total. The van der Waals surface area contributed by atoms with Crippen molar-refractivity contribution in [3.63, 3.8) is 0 Å². The van der Waals surface area contributed by atoms with Crippen molar-refractivity contribution in [3.05, 3.63) is 82.0 Å². The summed E-state index contributed by atoms with van der Waals surface area (Å²) in [5.41, 5.74) is 4.88. The molecular formula is C27H32N6O2. The van der Waals surface area contributed by atoms with Gasteiger partial charge in [-0.25, -0.2) is 9.67 Å². The van der Waals surface area contributed by atoms with Crippen LogP contribution in [-0.4, -0.2) is 63.7 Å². The molecule has 3 heterocycles. The van der Waals surface area contributed by atoms with E-state index in [1.807, 2.05) is 6.07 Å². The molecule has 0 N–H and O–H groups in total. The zero-order valence-corrected chi connectivity index (χ0v) is 20.6. The Labute approximate surface area is 205 Å². The van der Waals surface area contributed by atoms with Crippen LogP contribution in [0, 0.1) is 20.8 Å². The molecule has 0 radical (unpaired) electrons. The molecule has 2 aromatic heterocycles. The van der Waals surface area contributed by atoms with E-state index in [0.29, 0.717) is 23.5 Å². The van der Waals surface area contributed by atoms with E-state index in [9.17, 15) is 4.79 Å². The molecule has 1 fully saturated rings. The average Bonchev–Trinajstić information content (AvgIpc) is 3.30. The van der Waals surface area contributed by atoms with E-state index in [0.717, 1.165) is 44.8 Å². The van der Waals surface area contributed by atoms with Gasteiger partial charge in [-0.3, -0.25) is 9.69 Å². The van der Waals surface area contributed by atoms with Crippen LogP contribution in [0.25, 0.3) is 16.7 Å². The molecule has 5 rings (SSSR count). The number of nitrogens with zero attached hydrogens (tertiary/aromatic N) is 6. The van der Waals surface area contributed by atoms with E-state index in [4.69, 9.17) is 4.84 Å². The number of aryl methyl sites for hydroxylation is 3. The van der Waals surface area contributed by atoms with E-state index < -0.39 is 0 Å². The number of aromatic nitrogens is 4. The number of rotatable bonds is 7. The normalized spacial score (nSPS) is 14.5. The van der Waals surface area contributed by atoms with E-state index >= 15 is 0 Å². The van der Waals surface area contributed by atoms with Crippen LogP contribution in [0.5, 0.6) is 0 Å². The standard InChI is InChI=1S/C27H32N6O2/c1-20-10-11-24(18-21(20)2)32-26-25(19-28-32)27(34)33(22(3)29-26)35-17-7-12-30-13-15-31(16-14-30)23-8-5-4-6-9-23/h4-6,8-11,18-19H,7,12-17H2,1-3H3. The summed E-state index contributed by atoms with van der Waals surface area (Å²) < 4.78 is 3.03. The lowest BCUT2D eigenvalue weighted by Gasteiger charge is -2.36. The van der Waals surface area contributed by atoms with Gasteiger partial charge in [0.05, 0.1) is 11.9 Å². The van der Waals surface area contributed by atoms with E-state index in [1.54, 1.807) is 17.8 Å². The minimum atomic E-state index is -0.223. The predicted molar refractivity (Wildman–Crippen MR) is 138 cm³/mol.